The molecule has 0 aliphatic carbocycles. The number of carbonyl (C=O) groups is 3. The van der Waals surface area contributed by atoms with Crippen LogP contribution in [0, 0.1) is 5.82 Å². The molecule has 4 aromatic rings. The molecule has 9 nitrogen and oxygen atoms in total. The second kappa shape index (κ2) is 9.70. The molecule has 2 heterocycles. The van der Waals surface area contributed by atoms with Crippen LogP contribution in [0.4, 0.5) is 37.6 Å². The van der Waals surface area contributed by atoms with Crippen molar-refractivity contribution in [1.82, 2.24) is 4.98 Å². The molecule has 0 fully saturated rings. The molecule has 1 aliphatic heterocycles. The van der Waals surface area contributed by atoms with Crippen LogP contribution >= 0.6 is 0 Å². The quantitative estimate of drug-likeness (QED) is 0.189. The Kier molecular flexibility index (Phi) is 6.13. The van der Waals surface area contributed by atoms with Crippen molar-refractivity contribution in [2.24, 2.45) is 0 Å². The zero-order chi connectivity index (χ0) is 25.9. The Hall–Kier alpha value is -5.38. The highest BCUT2D eigenvalue weighted by Crippen LogP contribution is 2.36. The number of carbonyl (C=O) groups excluding carboxylic acids is 2. The minimum absolute atomic E-state index is 0.106. The molecular formula is C27H20FN5O4. The van der Waals surface area contributed by atoms with E-state index in [0.717, 1.165) is 0 Å². The molecule has 0 bridgehead atoms. The molecule has 37 heavy (non-hydrogen) atoms. The molecule has 0 saturated carbocycles. The molecular weight excluding hydrogens is 477 g/mol. The zero-order valence-corrected chi connectivity index (χ0v) is 19.1. The predicted molar refractivity (Wildman–Crippen MR) is 139 cm³/mol. The van der Waals surface area contributed by atoms with Gasteiger partial charge in [0, 0.05) is 40.2 Å². The monoisotopic (exact) mass is 497 g/mol. The van der Waals surface area contributed by atoms with E-state index >= 15 is 0 Å². The van der Waals surface area contributed by atoms with E-state index in [0.29, 0.717) is 45.3 Å². The first-order chi connectivity index (χ1) is 17.8. The third-order valence-corrected chi connectivity index (χ3v) is 5.57. The Morgan fingerprint density at radius 2 is 1.57 bits per heavy atom. The van der Waals surface area contributed by atoms with Gasteiger partial charge in [0.25, 0.3) is 5.91 Å². The highest BCUT2D eigenvalue weighted by Gasteiger charge is 2.24. The van der Waals surface area contributed by atoms with Crippen molar-refractivity contribution in [2.75, 3.05) is 21.3 Å². The summed E-state index contributed by atoms with van der Waals surface area (Å²) in [5, 5.41) is 20.5. The lowest BCUT2D eigenvalue weighted by molar-refractivity contribution is -0.110. The van der Waals surface area contributed by atoms with Gasteiger partial charge in [0.1, 0.15) is 5.82 Å². The van der Waals surface area contributed by atoms with Crippen LogP contribution in [0.25, 0.3) is 11.6 Å². The number of rotatable bonds is 6. The van der Waals surface area contributed by atoms with Gasteiger partial charge < -0.3 is 31.4 Å². The molecule has 10 heteroatoms. The highest BCUT2D eigenvalue weighted by molar-refractivity contribution is 6.35. The summed E-state index contributed by atoms with van der Waals surface area (Å²) in [7, 11) is 0. The standard InChI is InChI=1S/C27H20FN5O4/c28-16-4-6-17(7-5-16)31-27(37)32-19-3-1-2-18(11-19)30-20-8-9-22-23(25(34)33-24(22)13-20)12-21-10-15(14-29-21)26(35)36/h1-14,29-30H,(H,33,34)(H,35,36)(H2,31,32,37)/b23-12-. The van der Waals surface area contributed by atoms with Crippen molar-refractivity contribution < 1.29 is 23.9 Å². The van der Waals surface area contributed by atoms with Crippen molar-refractivity contribution in [1.29, 1.82) is 0 Å². The number of fused-ring (bicyclic) bond motifs is 1. The van der Waals surface area contributed by atoms with Crippen molar-refractivity contribution in [3.8, 4) is 0 Å². The van der Waals surface area contributed by atoms with Gasteiger partial charge in [-0.2, -0.15) is 0 Å². The van der Waals surface area contributed by atoms with Crippen LogP contribution < -0.4 is 21.3 Å². The van der Waals surface area contributed by atoms with E-state index < -0.39 is 17.8 Å². The molecule has 6 N–H and O–H groups in total. The van der Waals surface area contributed by atoms with E-state index in [1.54, 1.807) is 36.4 Å². The number of H-pyrrole nitrogens is 1. The predicted octanol–water partition coefficient (Wildman–Crippen LogP) is 5.73. The van der Waals surface area contributed by atoms with Crippen LogP contribution in [0.2, 0.25) is 0 Å². The highest BCUT2D eigenvalue weighted by atomic mass is 19.1. The van der Waals surface area contributed by atoms with Crippen LogP contribution in [0.3, 0.4) is 0 Å². The number of aromatic amines is 1. The molecule has 0 radical (unpaired) electrons. The molecule has 3 amide bonds. The first-order valence-electron chi connectivity index (χ1n) is 11.1. The van der Waals surface area contributed by atoms with Gasteiger partial charge >= 0.3 is 12.0 Å². The zero-order valence-electron chi connectivity index (χ0n) is 19.1. The van der Waals surface area contributed by atoms with Gasteiger partial charge in [-0.25, -0.2) is 14.0 Å². The molecule has 0 spiro atoms. The number of urea groups is 1. The second-order valence-electron chi connectivity index (χ2n) is 8.21. The van der Waals surface area contributed by atoms with Crippen LogP contribution in [0.5, 0.6) is 0 Å². The van der Waals surface area contributed by atoms with Crippen molar-refractivity contribution in [3.05, 3.63) is 102 Å². The van der Waals surface area contributed by atoms with Crippen LogP contribution in [0.15, 0.2) is 79.0 Å². The van der Waals surface area contributed by atoms with Gasteiger partial charge in [0.15, 0.2) is 0 Å². The summed E-state index contributed by atoms with van der Waals surface area (Å²) < 4.78 is 13.0. The normalized spacial score (nSPS) is 13.1. The number of nitrogens with one attached hydrogen (secondary N) is 5. The van der Waals surface area contributed by atoms with E-state index in [1.807, 2.05) is 12.1 Å². The van der Waals surface area contributed by atoms with Gasteiger partial charge in [-0.3, -0.25) is 4.79 Å². The summed E-state index contributed by atoms with van der Waals surface area (Å²) in [5.74, 6) is -1.74. The average molecular weight is 497 g/mol. The van der Waals surface area contributed by atoms with E-state index in [-0.39, 0.29) is 11.5 Å². The topological polar surface area (TPSA) is 135 Å². The number of anilines is 5. The average Bonchev–Trinajstić information content (AvgIpc) is 3.45. The van der Waals surface area contributed by atoms with E-state index in [2.05, 4.69) is 26.3 Å². The van der Waals surface area contributed by atoms with Crippen LogP contribution in [-0.4, -0.2) is 28.0 Å². The second-order valence-corrected chi connectivity index (χ2v) is 8.21. The lowest BCUT2D eigenvalue weighted by Crippen LogP contribution is -2.19. The molecule has 0 saturated heterocycles. The smallest absolute Gasteiger partial charge is 0.337 e. The summed E-state index contributed by atoms with van der Waals surface area (Å²) in [4.78, 5) is 38.8. The number of carboxylic acid groups (broad SMARTS) is 1. The van der Waals surface area contributed by atoms with Gasteiger partial charge in [0.05, 0.1) is 16.8 Å². The number of amides is 3. The number of halogens is 1. The van der Waals surface area contributed by atoms with Crippen LogP contribution in [0.1, 0.15) is 21.6 Å². The van der Waals surface area contributed by atoms with Crippen LogP contribution in [-0.2, 0) is 4.79 Å². The number of hydrogen-bond acceptors (Lipinski definition) is 4. The first kappa shape index (κ1) is 23.4. The van der Waals surface area contributed by atoms with Gasteiger partial charge in [-0.15, -0.1) is 0 Å². The summed E-state index contributed by atoms with van der Waals surface area (Å²) >= 11 is 0. The minimum Gasteiger partial charge on any atom is -0.478 e. The SMILES string of the molecule is O=C(Nc1ccc(F)cc1)Nc1cccc(Nc2ccc3c(c2)NC(=O)/C3=C\c2cc(C(=O)O)c[nH]2)c1. The van der Waals surface area contributed by atoms with Gasteiger partial charge in [-0.1, -0.05) is 12.1 Å². The van der Waals surface area contributed by atoms with E-state index in [4.69, 9.17) is 5.11 Å². The Labute approximate surface area is 210 Å². The lowest BCUT2D eigenvalue weighted by Gasteiger charge is -2.11. The fourth-order valence-corrected chi connectivity index (χ4v) is 3.86. The number of aromatic nitrogens is 1. The molecule has 3 aromatic carbocycles. The lowest BCUT2D eigenvalue weighted by atomic mass is 10.1. The summed E-state index contributed by atoms with van der Waals surface area (Å²) in [6.45, 7) is 0. The van der Waals surface area contributed by atoms with Crippen molar-refractivity contribution in [2.45, 2.75) is 0 Å². The third kappa shape index (κ3) is 5.33. The third-order valence-electron chi connectivity index (χ3n) is 5.57. The minimum atomic E-state index is -1.05. The van der Waals surface area contributed by atoms with E-state index in [9.17, 15) is 18.8 Å². The molecule has 1 aliphatic rings. The molecule has 0 atom stereocenters. The fraction of sp³-hybridized carbons (Fsp3) is 0. The Balaban J connectivity index is 1.28. The Morgan fingerprint density at radius 3 is 2.32 bits per heavy atom. The number of hydrogen-bond donors (Lipinski definition) is 6. The van der Waals surface area contributed by atoms with E-state index in [1.165, 1.54) is 36.5 Å². The maximum atomic E-state index is 13.0. The maximum absolute atomic E-state index is 13.0. The fourth-order valence-electron chi connectivity index (χ4n) is 3.86. The number of carboxylic acids is 1. The molecule has 5 rings (SSSR count). The van der Waals surface area contributed by atoms with Crippen molar-refractivity contribution >= 4 is 58.0 Å². The molecule has 0 unspecified atom stereocenters. The van der Waals surface area contributed by atoms with Gasteiger partial charge in [0.2, 0.25) is 0 Å². The Bertz CT molecular complexity index is 1560. The maximum Gasteiger partial charge on any atom is 0.337 e. The molecule has 1 aromatic heterocycles. The largest absolute Gasteiger partial charge is 0.478 e. The summed E-state index contributed by atoms with van der Waals surface area (Å²) in [6, 6.07) is 18.9. The number of benzene rings is 3. The Morgan fingerprint density at radius 1 is 0.865 bits per heavy atom. The number of aromatic carboxylic acids is 1. The first-order valence-corrected chi connectivity index (χ1v) is 11.1. The summed E-state index contributed by atoms with van der Waals surface area (Å²) in [6.07, 6.45) is 2.97. The summed E-state index contributed by atoms with van der Waals surface area (Å²) in [5.41, 5.74) is 4.73. The van der Waals surface area contributed by atoms with Gasteiger partial charge in [-0.05, 0) is 66.7 Å². The molecule has 184 valence electrons. The van der Waals surface area contributed by atoms with Crippen molar-refractivity contribution in [3.63, 3.8) is 0 Å².